The molecule has 0 N–H and O–H groups in total. The van der Waals surface area contributed by atoms with Gasteiger partial charge in [-0.05, 0) is 10.2 Å². The Morgan fingerprint density at radius 1 is 1.00 bits per heavy atom. The van der Waals surface area contributed by atoms with E-state index >= 15 is 0 Å². The van der Waals surface area contributed by atoms with E-state index in [4.69, 9.17) is 0 Å². The average molecular weight is 165 g/mol. The molecule has 32 valence electrons. The van der Waals surface area contributed by atoms with Gasteiger partial charge in [0.05, 0.1) is 0 Å². The Kier molecular flexibility index (Phi) is 308. The van der Waals surface area contributed by atoms with Crippen LogP contribution in [-0.4, -0.2) is 10.2 Å². The van der Waals surface area contributed by atoms with Crippen molar-refractivity contribution in [2.45, 2.75) is 6.55 Å². The van der Waals surface area contributed by atoms with Gasteiger partial charge in [0, 0.05) is 0 Å². The summed E-state index contributed by atoms with van der Waals surface area (Å²) in [6.45, 7) is 2.14. The van der Waals surface area contributed by atoms with Crippen molar-refractivity contribution in [2.75, 3.05) is 0 Å². The van der Waals surface area contributed by atoms with Crippen LogP contribution in [0.5, 0.6) is 0 Å². The van der Waals surface area contributed by atoms with Crippen LogP contribution in [0, 0.1) is 0 Å². The van der Waals surface area contributed by atoms with Gasteiger partial charge in [-0.15, -0.1) is 0 Å². The fourth-order valence-corrected chi connectivity index (χ4v) is 0. The van der Waals surface area contributed by atoms with Gasteiger partial charge in [-0.1, -0.05) is 6.55 Å². The molecule has 5 heavy (non-hydrogen) atoms. The number of hydrogen-bond acceptors (Lipinski definition) is 0. The van der Waals surface area contributed by atoms with Gasteiger partial charge in [-0.2, -0.15) is 0 Å². The monoisotopic (exact) mass is 164 g/mol. The quantitative estimate of drug-likeness (QED) is 0.313. The topological polar surface area (TPSA) is 0 Å². The largest absolute Gasteiger partial charge is 2.00 e. The predicted molar refractivity (Wildman–Crippen MR) is 15.8 cm³/mol. The summed E-state index contributed by atoms with van der Waals surface area (Å²) >= 11 is 0. The molecule has 0 aliphatic heterocycles. The molecule has 0 unspecified atom stereocenters. The molecule has 0 aliphatic carbocycles. The molecule has 0 aromatic rings. The smallest absolute Gasteiger partial charge is 1.00 e. The van der Waals surface area contributed by atoms with Crippen molar-refractivity contribution in [1.82, 2.24) is 0 Å². The molecule has 0 radical (unpaired) electrons. The summed E-state index contributed by atoms with van der Waals surface area (Å²) in [5.74, 6) is 0. The Hall–Kier alpha value is 1.51. The Bertz CT molecular complexity index is 9.61. The van der Waals surface area contributed by atoms with Crippen LogP contribution in [0.15, 0.2) is 0 Å². The van der Waals surface area contributed by atoms with Crippen molar-refractivity contribution in [3.63, 3.8) is 0 Å². The number of rotatable bonds is 0. The Labute approximate surface area is 63.2 Å². The molecular formula is CH6Cl2SiTi. The van der Waals surface area contributed by atoms with E-state index in [-0.39, 0.29) is 46.5 Å². The second-order valence-electron chi connectivity index (χ2n) is 0. The minimum atomic E-state index is 0. The molecule has 0 fully saturated rings. The van der Waals surface area contributed by atoms with Gasteiger partial charge >= 0.3 is 21.7 Å². The Morgan fingerprint density at radius 3 is 1.00 bits per heavy atom. The van der Waals surface area contributed by atoms with Crippen LogP contribution in [0.3, 0.4) is 0 Å². The first-order chi connectivity index (χ1) is 1.00. The van der Waals surface area contributed by atoms with Gasteiger partial charge in [-0.25, -0.2) is 0 Å². The second-order valence-corrected chi connectivity index (χ2v) is 0. The van der Waals surface area contributed by atoms with E-state index in [1.54, 1.807) is 0 Å². The minimum absolute atomic E-state index is 0. The zero-order valence-corrected chi connectivity index (χ0v) is 8.33. The van der Waals surface area contributed by atoms with E-state index in [0.29, 0.717) is 0 Å². The maximum atomic E-state index is 2.14. The van der Waals surface area contributed by atoms with Crippen LogP contribution >= 0.6 is 0 Å². The maximum Gasteiger partial charge on any atom is 2.00 e. The SMILES string of the molecule is C[SiH3].[Cl-].[Cl-].[Ti+2]. The Balaban J connectivity index is -0.00000000167. The van der Waals surface area contributed by atoms with Gasteiger partial charge in [-0.3, -0.25) is 0 Å². The summed E-state index contributed by atoms with van der Waals surface area (Å²) in [4.78, 5) is 0. The molecule has 0 heterocycles. The van der Waals surface area contributed by atoms with E-state index in [0.717, 1.165) is 0 Å². The molecule has 0 amide bonds. The fourth-order valence-electron chi connectivity index (χ4n) is 0. The van der Waals surface area contributed by atoms with Crippen molar-refractivity contribution in [3.8, 4) is 0 Å². The summed E-state index contributed by atoms with van der Waals surface area (Å²) in [5.41, 5.74) is 0. The molecule has 0 nitrogen and oxygen atoms in total. The zero-order chi connectivity index (χ0) is 2.00. The molecule has 0 aromatic carbocycles. The van der Waals surface area contributed by atoms with Crippen molar-refractivity contribution in [2.24, 2.45) is 0 Å². The molecule has 0 spiro atoms. The second kappa shape index (κ2) is 49.1. The number of halogens is 2. The van der Waals surface area contributed by atoms with E-state index in [1.807, 2.05) is 0 Å². The van der Waals surface area contributed by atoms with Crippen LogP contribution in [0.2, 0.25) is 6.55 Å². The van der Waals surface area contributed by atoms with E-state index in [1.165, 1.54) is 10.2 Å². The molecule has 0 saturated heterocycles. The standard InChI is InChI=1S/CH6Si.2ClH.Ti/c1-2;;;/h1-2H3;2*1H;/q;;;+2/p-2. The van der Waals surface area contributed by atoms with Crippen LogP contribution in [0.1, 0.15) is 0 Å². The molecular weight excluding hydrogens is 159 g/mol. The number of hydrogen-bond donors (Lipinski definition) is 0. The minimum Gasteiger partial charge on any atom is -1.00 e. The van der Waals surface area contributed by atoms with Crippen LogP contribution in [0.4, 0.5) is 0 Å². The maximum absolute atomic E-state index is 2.14. The summed E-state index contributed by atoms with van der Waals surface area (Å²) in [7, 11) is 1.31. The van der Waals surface area contributed by atoms with Gasteiger partial charge in [0.15, 0.2) is 0 Å². The zero-order valence-electron chi connectivity index (χ0n) is 3.26. The molecule has 0 saturated carbocycles. The summed E-state index contributed by atoms with van der Waals surface area (Å²) < 4.78 is 0. The summed E-state index contributed by atoms with van der Waals surface area (Å²) in [6, 6.07) is 0. The van der Waals surface area contributed by atoms with Crippen LogP contribution in [-0.2, 0) is 21.7 Å². The van der Waals surface area contributed by atoms with Gasteiger partial charge in [0.1, 0.15) is 0 Å². The normalized spacial score (nSPS) is 1.80. The molecule has 0 rings (SSSR count). The first kappa shape index (κ1) is 31.4. The Morgan fingerprint density at radius 2 is 1.00 bits per heavy atom. The summed E-state index contributed by atoms with van der Waals surface area (Å²) in [5, 5.41) is 0. The predicted octanol–water partition coefficient (Wildman–Crippen LogP) is -6.59. The molecule has 4 heteroatoms. The summed E-state index contributed by atoms with van der Waals surface area (Å²) in [6.07, 6.45) is 0. The van der Waals surface area contributed by atoms with Crippen LogP contribution in [0.25, 0.3) is 0 Å². The van der Waals surface area contributed by atoms with Gasteiger partial charge in [0.25, 0.3) is 0 Å². The van der Waals surface area contributed by atoms with E-state index in [9.17, 15) is 0 Å². The fraction of sp³-hybridized carbons (Fsp3) is 1.00. The third-order valence-electron chi connectivity index (χ3n) is 0. The molecule has 0 aromatic heterocycles. The molecule has 0 aliphatic rings. The molecule has 0 atom stereocenters. The van der Waals surface area contributed by atoms with E-state index in [2.05, 4.69) is 6.55 Å². The van der Waals surface area contributed by atoms with Crippen LogP contribution < -0.4 is 24.8 Å². The van der Waals surface area contributed by atoms with Crippen molar-refractivity contribution in [3.05, 3.63) is 0 Å². The average Bonchev–Trinajstić information content (AvgIpc) is 1.00. The third-order valence-corrected chi connectivity index (χ3v) is 0. The van der Waals surface area contributed by atoms with Crippen molar-refractivity contribution < 1.29 is 46.5 Å². The van der Waals surface area contributed by atoms with E-state index < -0.39 is 0 Å². The van der Waals surface area contributed by atoms with Crippen molar-refractivity contribution in [1.29, 1.82) is 0 Å². The van der Waals surface area contributed by atoms with Gasteiger partial charge < -0.3 is 24.8 Å². The third kappa shape index (κ3) is 29.8. The first-order valence-electron chi connectivity index (χ1n) is 1.00. The van der Waals surface area contributed by atoms with Gasteiger partial charge in [0.2, 0.25) is 0 Å². The first-order valence-corrected chi connectivity index (χ1v) is 3.00. The van der Waals surface area contributed by atoms with Crippen molar-refractivity contribution >= 4 is 10.2 Å². The molecule has 0 bridgehead atoms.